The second-order valence-electron chi connectivity index (χ2n) is 3.91. The van der Waals surface area contributed by atoms with Gasteiger partial charge in [-0.1, -0.05) is 0 Å². The van der Waals surface area contributed by atoms with Gasteiger partial charge in [-0.25, -0.2) is 0 Å². The Labute approximate surface area is 77.7 Å². The summed E-state index contributed by atoms with van der Waals surface area (Å²) < 4.78 is 5.41. The minimum atomic E-state index is 0.234. The third-order valence-electron chi connectivity index (χ3n) is 3.14. The van der Waals surface area contributed by atoms with Gasteiger partial charge in [0.15, 0.2) is 6.19 Å². The van der Waals surface area contributed by atoms with Crippen LogP contribution in [0.5, 0.6) is 0 Å². The highest BCUT2D eigenvalue weighted by molar-refractivity contribution is 4.93. The molecule has 2 bridgehead atoms. The molecule has 72 valence electrons. The minimum absolute atomic E-state index is 0.234. The largest absolute Gasteiger partial charge is 0.396 e. The van der Waals surface area contributed by atoms with Gasteiger partial charge in [0.25, 0.3) is 0 Å². The molecule has 0 saturated carbocycles. The van der Waals surface area contributed by atoms with Gasteiger partial charge in [0.2, 0.25) is 0 Å². The first-order chi connectivity index (χ1) is 6.35. The molecular formula is C9H14N2O2. The van der Waals surface area contributed by atoms with Gasteiger partial charge >= 0.3 is 0 Å². The first-order valence-electron chi connectivity index (χ1n) is 4.68. The van der Waals surface area contributed by atoms with E-state index >= 15 is 0 Å². The zero-order valence-electron chi connectivity index (χ0n) is 7.52. The molecule has 2 saturated heterocycles. The number of ether oxygens (including phenoxy) is 1. The van der Waals surface area contributed by atoms with E-state index in [-0.39, 0.29) is 6.61 Å². The Morgan fingerprint density at radius 3 is 2.46 bits per heavy atom. The second-order valence-corrected chi connectivity index (χ2v) is 3.91. The summed E-state index contributed by atoms with van der Waals surface area (Å²) in [5.74, 6) is 1.03. The van der Waals surface area contributed by atoms with Crippen LogP contribution in [0.15, 0.2) is 0 Å². The van der Waals surface area contributed by atoms with Gasteiger partial charge in [0.05, 0.1) is 13.2 Å². The van der Waals surface area contributed by atoms with E-state index in [1.807, 2.05) is 0 Å². The van der Waals surface area contributed by atoms with E-state index in [2.05, 4.69) is 6.19 Å². The van der Waals surface area contributed by atoms with E-state index in [9.17, 15) is 5.11 Å². The van der Waals surface area contributed by atoms with Crippen molar-refractivity contribution in [3.8, 4) is 6.19 Å². The molecule has 0 amide bonds. The lowest BCUT2D eigenvalue weighted by atomic mass is 9.77. The van der Waals surface area contributed by atoms with Crippen LogP contribution in [0.3, 0.4) is 0 Å². The molecule has 0 spiro atoms. The van der Waals surface area contributed by atoms with Crippen LogP contribution in [0, 0.1) is 29.2 Å². The number of hydrogen-bond acceptors (Lipinski definition) is 4. The summed E-state index contributed by atoms with van der Waals surface area (Å²) in [4.78, 5) is 1.78. The van der Waals surface area contributed by atoms with E-state index in [0.29, 0.717) is 31.0 Å². The van der Waals surface area contributed by atoms with Crippen LogP contribution in [0.4, 0.5) is 0 Å². The lowest BCUT2D eigenvalue weighted by Crippen LogP contribution is -2.52. The van der Waals surface area contributed by atoms with Crippen molar-refractivity contribution in [2.45, 2.75) is 0 Å². The second kappa shape index (κ2) is 3.52. The van der Waals surface area contributed by atoms with Crippen molar-refractivity contribution in [3.05, 3.63) is 0 Å². The minimum Gasteiger partial charge on any atom is -0.396 e. The molecule has 2 rings (SSSR count). The molecule has 2 fully saturated rings. The third kappa shape index (κ3) is 1.50. The Morgan fingerprint density at radius 2 is 2.00 bits per heavy atom. The van der Waals surface area contributed by atoms with Crippen LogP contribution < -0.4 is 0 Å². The van der Waals surface area contributed by atoms with Crippen molar-refractivity contribution in [1.29, 1.82) is 5.26 Å². The lowest BCUT2D eigenvalue weighted by Gasteiger charge is -2.44. The summed E-state index contributed by atoms with van der Waals surface area (Å²) in [5, 5.41) is 18.0. The molecule has 0 aliphatic carbocycles. The summed E-state index contributed by atoms with van der Waals surface area (Å²) >= 11 is 0. The molecule has 0 aromatic heterocycles. The summed E-state index contributed by atoms with van der Waals surface area (Å²) in [5.41, 5.74) is 0. The van der Waals surface area contributed by atoms with Crippen LogP contribution >= 0.6 is 0 Å². The molecule has 0 aromatic rings. The summed E-state index contributed by atoms with van der Waals surface area (Å²) in [6, 6.07) is 0. The fraction of sp³-hybridized carbons (Fsp3) is 0.889. The molecule has 4 nitrogen and oxygen atoms in total. The lowest BCUT2D eigenvalue weighted by molar-refractivity contribution is -0.0860. The average Bonchev–Trinajstić information content (AvgIpc) is 2.15. The molecule has 2 atom stereocenters. The first-order valence-corrected chi connectivity index (χ1v) is 4.68. The normalized spacial score (nSPS) is 38.5. The predicted octanol–water partition coefficient (Wildman–Crippen LogP) is -0.346. The standard InChI is InChI=1S/C9H14N2O2/c10-6-11-1-7-4-13-5-8(2-11)9(7)3-12/h7-9,12H,1-5H2. The van der Waals surface area contributed by atoms with Crippen LogP contribution in [0.25, 0.3) is 0 Å². The van der Waals surface area contributed by atoms with Crippen LogP contribution in [0.1, 0.15) is 0 Å². The number of rotatable bonds is 1. The molecule has 0 radical (unpaired) electrons. The van der Waals surface area contributed by atoms with E-state index in [0.717, 1.165) is 13.1 Å². The van der Waals surface area contributed by atoms with Gasteiger partial charge in [-0.3, -0.25) is 0 Å². The van der Waals surface area contributed by atoms with Crippen molar-refractivity contribution in [2.24, 2.45) is 17.8 Å². The maximum atomic E-state index is 9.20. The van der Waals surface area contributed by atoms with Crippen LogP contribution in [-0.4, -0.2) is 42.9 Å². The highest BCUT2D eigenvalue weighted by Gasteiger charge is 2.39. The zero-order chi connectivity index (χ0) is 9.26. The number of nitrogens with zero attached hydrogens (tertiary/aromatic N) is 2. The molecule has 13 heavy (non-hydrogen) atoms. The Hall–Kier alpha value is -0.790. The smallest absolute Gasteiger partial charge is 0.179 e. The van der Waals surface area contributed by atoms with Crippen molar-refractivity contribution in [1.82, 2.24) is 4.90 Å². The number of fused-ring (bicyclic) bond motifs is 2. The van der Waals surface area contributed by atoms with Crippen molar-refractivity contribution >= 4 is 0 Å². The average molecular weight is 182 g/mol. The molecule has 2 heterocycles. The highest BCUT2D eigenvalue weighted by Crippen LogP contribution is 2.32. The number of piperidine rings is 1. The molecule has 2 aliphatic rings. The van der Waals surface area contributed by atoms with Gasteiger partial charge in [0.1, 0.15) is 0 Å². The number of hydrogen-bond donors (Lipinski definition) is 1. The Balaban J connectivity index is 2.08. The van der Waals surface area contributed by atoms with Gasteiger partial charge in [-0.2, -0.15) is 5.26 Å². The predicted molar refractivity (Wildman–Crippen MR) is 45.6 cm³/mol. The monoisotopic (exact) mass is 182 g/mol. The van der Waals surface area contributed by atoms with Crippen molar-refractivity contribution < 1.29 is 9.84 Å². The topological polar surface area (TPSA) is 56.5 Å². The molecule has 1 N–H and O–H groups in total. The number of aliphatic hydroxyl groups excluding tert-OH is 1. The summed E-state index contributed by atoms with van der Waals surface area (Å²) in [7, 11) is 0. The van der Waals surface area contributed by atoms with Gasteiger partial charge in [-0.15, -0.1) is 0 Å². The Morgan fingerprint density at radius 1 is 1.38 bits per heavy atom. The molecule has 2 unspecified atom stereocenters. The molecule has 4 heteroatoms. The van der Waals surface area contributed by atoms with E-state index in [1.54, 1.807) is 4.90 Å². The van der Waals surface area contributed by atoms with Gasteiger partial charge < -0.3 is 14.7 Å². The molecule has 2 aliphatic heterocycles. The summed E-state index contributed by atoms with van der Waals surface area (Å²) in [6.07, 6.45) is 2.17. The summed E-state index contributed by atoms with van der Waals surface area (Å²) in [6.45, 7) is 3.12. The Kier molecular flexibility index (Phi) is 2.38. The maximum absolute atomic E-state index is 9.20. The van der Waals surface area contributed by atoms with Crippen molar-refractivity contribution in [3.63, 3.8) is 0 Å². The number of aliphatic hydroxyl groups is 1. The van der Waals surface area contributed by atoms with Crippen LogP contribution in [0.2, 0.25) is 0 Å². The fourth-order valence-electron chi connectivity index (χ4n) is 2.40. The molecule has 0 aromatic carbocycles. The highest BCUT2D eigenvalue weighted by atomic mass is 16.5. The fourth-order valence-corrected chi connectivity index (χ4v) is 2.40. The number of likely N-dealkylation sites (tertiary alicyclic amines) is 1. The number of nitriles is 1. The van der Waals surface area contributed by atoms with Crippen LogP contribution in [-0.2, 0) is 4.74 Å². The SMILES string of the molecule is N#CN1CC2COCC(C1)C2CO. The maximum Gasteiger partial charge on any atom is 0.179 e. The Bertz CT molecular complexity index is 212. The van der Waals surface area contributed by atoms with E-state index < -0.39 is 0 Å². The zero-order valence-corrected chi connectivity index (χ0v) is 7.52. The molecular weight excluding hydrogens is 168 g/mol. The van der Waals surface area contributed by atoms with Gasteiger partial charge in [0, 0.05) is 31.5 Å². The van der Waals surface area contributed by atoms with E-state index in [1.165, 1.54) is 0 Å². The third-order valence-corrected chi connectivity index (χ3v) is 3.14. The van der Waals surface area contributed by atoms with Gasteiger partial charge in [-0.05, 0) is 5.92 Å². The quantitative estimate of drug-likeness (QED) is 0.563. The van der Waals surface area contributed by atoms with E-state index in [4.69, 9.17) is 10.00 Å². The first kappa shape index (κ1) is 8.79. The van der Waals surface area contributed by atoms with Crippen molar-refractivity contribution in [2.75, 3.05) is 32.9 Å².